The van der Waals surface area contributed by atoms with Crippen LogP contribution in [0.5, 0.6) is 0 Å². The Labute approximate surface area is 142 Å². The van der Waals surface area contributed by atoms with E-state index in [0.717, 1.165) is 17.2 Å². The summed E-state index contributed by atoms with van der Waals surface area (Å²) in [6.07, 6.45) is -5.34. The highest BCUT2D eigenvalue weighted by Gasteiger charge is 2.76. The number of anilines is 1. The highest BCUT2D eigenvalue weighted by Crippen LogP contribution is 2.46. The fourth-order valence-electron chi connectivity index (χ4n) is 2.03. The molecule has 0 aliphatic heterocycles. The molecule has 0 bridgehead atoms. The van der Waals surface area contributed by atoms with Crippen molar-refractivity contribution >= 4 is 11.7 Å². The molecule has 0 atom stereocenters. The summed E-state index contributed by atoms with van der Waals surface area (Å²) in [6, 6.07) is 8.14. The van der Waals surface area contributed by atoms with Gasteiger partial charge in [-0.15, -0.1) is 0 Å². The van der Waals surface area contributed by atoms with Crippen LogP contribution in [-0.2, 0) is 11.3 Å². The van der Waals surface area contributed by atoms with E-state index >= 15 is 0 Å². The predicted molar refractivity (Wildman–Crippen MR) is 77.1 cm³/mol. The molecule has 1 aromatic heterocycles. The van der Waals surface area contributed by atoms with E-state index in [1.54, 1.807) is 18.2 Å². The molecule has 11 heteroatoms. The number of carbonyl (C=O) groups is 1. The van der Waals surface area contributed by atoms with E-state index in [4.69, 9.17) is 0 Å². The van der Waals surface area contributed by atoms with Crippen molar-refractivity contribution in [1.29, 1.82) is 0 Å². The highest BCUT2D eigenvalue weighted by molar-refractivity contribution is 5.96. The number of rotatable bonds is 5. The van der Waals surface area contributed by atoms with Crippen LogP contribution >= 0.6 is 0 Å². The van der Waals surface area contributed by atoms with Gasteiger partial charge in [-0.05, 0) is 12.5 Å². The number of halogens is 7. The molecule has 1 heterocycles. The van der Waals surface area contributed by atoms with Crippen molar-refractivity contribution in [3.8, 4) is 0 Å². The lowest BCUT2D eigenvalue weighted by atomic mass is 10.1. The largest absolute Gasteiger partial charge is 0.460 e. The quantitative estimate of drug-likeness (QED) is 0.794. The van der Waals surface area contributed by atoms with Crippen molar-refractivity contribution in [2.45, 2.75) is 31.5 Å². The molecular weight excluding hydrogens is 371 g/mol. The topological polar surface area (TPSA) is 46.9 Å². The van der Waals surface area contributed by atoms with Gasteiger partial charge in [0, 0.05) is 12.3 Å². The Morgan fingerprint density at radius 2 is 1.77 bits per heavy atom. The molecule has 1 N–H and O–H groups in total. The third-order valence-electron chi connectivity index (χ3n) is 3.34. The first kappa shape index (κ1) is 19.7. The van der Waals surface area contributed by atoms with Crippen LogP contribution in [0.2, 0.25) is 0 Å². The zero-order chi connectivity index (χ0) is 19.8. The average molecular weight is 383 g/mol. The number of nitrogens with one attached hydrogen (secondary N) is 1. The van der Waals surface area contributed by atoms with Gasteiger partial charge in [-0.2, -0.15) is 35.8 Å². The minimum Gasteiger partial charge on any atom is -0.304 e. The maximum absolute atomic E-state index is 13.3. The average Bonchev–Trinajstić information content (AvgIpc) is 2.92. The molecule has 0 spiro atoms. The molecule has 0 saturated carbocycles. The summed E-state index contributed by atoms with van der Waals surface area (Å²) in [5, 5.41) is 4.94. The van der Waals surface area contributed by atoms with Crippen LogP contribution in [0.4, 0.5) is 36.6 Å². The van der Waals surface area contributed by atoms with Gasteiger partial charge in [-0.25, -0.2) is 0 Å². The molecule has 0 fully saturated rings. The SMILES string of the molecule is Cc1cccc(Cn2ccc(NC(=O)C(F)(F)C(F)(F)C(F)(F)F)n2)c1. The normalized spacial score (nSPS) is 12.9. The lowest BCUT2D eigenvalue weighted by Crippen LogP contribution is -2.57. The maximum atomic E-state index is 13.3. The second kappa shape index (κ2) is 6.61. The smallest absolute Gasteiger partial charge is 0.304 e. The summed E-state index contributed by atoms with van der Waals surface area (Å²) >= 11 is 0. The number of benzene rings is 1. The first-order valence-electron chi connectivity index (χ1n) is 7.07. The number of aryl methyl sites for hydroxylation is 1. The lowest BCUT2D eigenvalue weighted by molar-refractivity contribution is -0.343. The van der Waals surface area contributed by atoms with Gasteiger partial charge in [0.1, 0.15) is 0 Å². The van der Waals surface area contributed by atoms with E-state index in [1.807, 2.05) is 13.0 Å². The Bertz CT molecular complexity index is 799. The molecule has 2 aromatic rings. The van der Waals surface area contributed by atoms with Crippen molar-refractivity contribution in [2.75, 3.05) is 5.32 Å². The van der Waals surface area contributed by atoms with Crippen molar-refractivity contribution in [1.82, 2.24) is 9.78 Å². The predicted octanol–water partition coefficient (Wildman–Crippen LogP) is 4.01. The second-order valence-corrected chi connectivity index (χ2v) is 5.49. The van der Waals surface area contributed by atoms with Gasteiger partial charge >= 0.3 is 23.9 Å². The number of nitrogens with zero attached hydrogens (tertiary/aromatic N) is 2. The van der Waals surface area contributed by atoms with Gasteiger partial charge in [-0.1, -0.05) is 29.8 Å². The van der Waals surface area contributed by atoms with Crippen LogP contribution in [0.1, 0.15) is 11.1 Å². The number of hydrogen-bond donors (Lipinski definition) is 1. The summed E-state index contributed by atoms with van der Waals surface area (Å²) in [7, 11) is 0. The molecule has 1 amide bonds. The minimum atomic E-state index is -6.58. The van der Waals surface area contributed by atoms with E-state index in [-0.39, 0.29) is 6.54 Å². The van der Waals surface area contributed by atoms with Crippen LogP contribution < -0.4 is 5.32 Å². The molecule has 26 heavy (non-hydrogen) atoms. The van der Waals surface area contributed by atoms with Gasteiger partial charge in [0.2, 0.25) is 0 Å². The van der Waals surface area contributed by atoms with E-state index in [9.17, 15) is 35.5 Å². The molecular formula is C15H12F7N3O. The molecule has 2 rings (SSSR count). The van der Waals surface area contributed by atoms with Crippen molar-refractivity contribution in [3.05, 3.63) is 47.7 Å². The third kappa shape index (κ3) is 3.81. The van der Waals surface area contributed by atoms with Crippen molar-refractivity contribution in [3.63, 3.8) is 0 Å². The van der Waals surface area contributed by atoms with E-state index in [0.29, 0.717) is 0 Å². The summed E-state index contributed by atoms with van der Waals surface area (Å²) in [5.74, 6) is -15.9. The highest BCUT2D eigenvalue weighted by atomic mass is 19.4. The molecule has 4 nitrogen and oxygen atoms in total. The van der Waals surface area contributed by atoms with Crippen LogP contribution in [0, 0.1) is 6.92 Å². The summed E-state index contributed by atoms with van der Waals surface area (Å²) < 4.78 is 89.6. The fourth-order valence-corrected chi connectivity index (χ4v) is 2.03. The monoisotopic (exact) mass is 383 g/mol. The van der Waals surface area contributed by atoms with Crippen LogP contribution in [0.15, 0.2) is 36.5 Å². The fraction of sp³-hybridized carbons (Fsp3) is 0.333. The van der Waals surface area contributed by atoms with E-state index in [2.05, 4.69) is 5.10 Å². The standard InChI is InChI=1S/C15H12F7N3O/c1-9-3-2-4-10(7-9)8-25-6-5-11(24-25)23-12(26)13(16,17)14(18,19)15(20,21)22/h2-7H,8H2,1H3,(H,23,24,26). The van der Waals surface area contributed by atoms with Gasteiger partial charge in [0.25, 0.3) is 0 Å². The van der Waals surface area contributed by atoms with Crippen molar-refractivity contribution < 1.29 is 35.5 Å². The Morgan fingerprint density at radius 1 is 1.12 bits per heavy atom. The second-order valence-electron chi connectivity index (χ2n) is 5.49. The molecule has 0 saturated heterocycles. The minimum absolute atomic E-state index is 0.173. The Morgan fingerprint density at radius 3 is 2.35 bits per heavy atom. The van der Waals surface area contributed by atoms with Gasteiger partial charge < -0.3 is 5.32 Å². The van der Waals surface area contributed by atoms with Gasteiger partial charge in [-0.3, -0.25) is 9.48 Å². The number of alkyl halides is 7. The molecule has 142 valence electrons. The third-order valence-corrected chi connectivity index (χ3v) is 3.34. The summed E-state index contributed by atoms with van der Waals surface area (Å²) in [4.78, 5) is 11.2. The Hall–Kier alpha value is -2.59. The van der Waals surface area contributed by atoms with Crippen molar-refractivity contribution in [2.24, 2.45) is 0 Å². The zero-order valence-electron chi connectivity index (χ0n) is 13.1. The van der Waals surface area contributed by atoms with E-state index in [1.165, 1.54) is 16.2 Å². The Kier molecular flexibility index (Phi) is 5.02. The number of amides is 1. The molecule has 0 aliphatic carbocycles. The van der Waals surface area contributed by atoms with E-state index < -0.39 is 29.7 Å². The molecule has 0 unspecified atom stereocenters. The molecule has 1 aromatic carbocycles. The van der Waals surface area contributed by atoms with Crippen LogP contribution in [0.25, 0.3) is 0 Å². The number of hydrogen-bond acceptors (Lipinski definition) is 2. The Balaban J connectivity index is 2.12. The van der Waals surface area contributed by atoms with Crippen LogP contribution in [-0.4, -0.2) is 33.7 Å². The van der Waals surface area contributed by atoms with Gasteiger partial charge in [0.15, 0.2) is 5.82 Å². The summed E-state index contributed by atoms with van der Waals surface area (Å²) in [6.45, 7) is 2.01. The van der Waals surface area contributed by atoms with Gasteiger partial charge in [0.05, 0.1) is 6.54 Å². The number of carbonyl (C=O) groups excluding carboxylic acids is 1. The lowest BCUT2D eigenvalue weighted by Gasteiger charge is -2.26. The maximum Gasteiger partial charge on any atom is 0.460 e. The number of aromatic nitrogens is 2. The first-order valence-corrected chi connectivity index (χ1v) is 7.07. The molecule has 0 radical (unpaired) electrons. The summed E-state index contributed by atoms with van der Waals surface area (Å²) in [5.41, 5.74) is 1.72. The van der Waals surface area contributed by atoms with Crippen LogP contribution in [0.3, 0.4) is 0 Å². The first-order chi connectivity index (χ1) is 11.8. The molecule has 0 aliphatic rings. The zero-order valence-corrected chi connectivity index (χ0v) is 13.1.